The highest BCUT2D eigenvalue weighted by Gasteiger charge is 2.03. The normalized spacial score (nSPS) is 10.7. The van der Waals surface area contributed by atoms with Crippen molar-refractivity contribution in [2.45, 2.75) is 20.0 Å². The Labute approximate surface area is 176 Å². The van der Waals surface area contributed by atoms with Gasteiger partial charge in [0, 0.05) is 30.7 Å². The van der Waals surface area contributed by atoms with Gasteiger partial charge in [-0.3, -0.25) is 4.79 Å². The summed E-state index contributed by atoms with van der Waals surface area (Å²) in [4.78, 5) is 16.1. The van der Waals surface area contributed by atoms with Crippen LogP contribution in [0.5, 0.6) is 0 Å². The van der Waals surface area contributed by atoms with Gasteiger partial charge in [0.2, 0.25) is 0 Å². The van der Waals surface area contributed by atoms with Crippen molar-refractivity contribution in [3.63, 3.8) is 0 Å². The van der Waals surface area contributed by atoms with E-state index in [-0.39, 0.29) is 29.9 Å². The first-order chi connectivity index (χ1) is 12.1. The summed E-state index contributed by atoms with van der Waals surface area (Å²) < 4.78 is 0. The zero-order chi connectivity index (χ0) is 18.1. The van der Waals surface area contributed by atoms with Gasteiger partial charge in [0.25, 0.3) is 5.91 Å². The quantitative estimate of drug-likeness (QED) is 0.332. The maximum Gasteiger partial charge on any atom is 0.251 e. The van der Waals surface area contributed by atoms with Crippen LogP contribution < -0.4 is 16.0 Å². The van der Waals surface area contributed by atoms with E-state index in [9.17, 15) is 4.79 Å². The van der Waals surface area contributed by atoms with Gasteiger partial charge in [-0.05, 0) is 42.3 Å². The SMILES string of the molecule is CCNC(=NCc1ccc(C(=O)NC)cc1)NCc1ccc(Cl)cc1.I. The lowest BCUT2D eigenvalue weighted by Crippen LogP contribution is -2.36. The van der Waals surface area contributed by atoms with Crippen LogP contribution in [0.25, 0.3) is 0 Å². The lowest BCUT2D eigenvalue weighted by atomic mass is 10.1. The third kappa shape index (κ3) is 7.21. The van der Waals surface area contributed by atoms with Gasteiger partial charge in [0.15, 0.2) is 5.96 Å². The summed E-state index contributed by atoms with van der Waals surface area (Å²) in [5.41, 5.74) is 2.81. The van der Waals surface area contributed by atoms with Gasteiger partial charge in [0.1, 0.15) is 0 Å². The standard InChI is InChI=1S/C19H23ClN4O.HI/c1-3-22-19(24-13-15-6-10-17(20)11-7-15)23-12-14-4-8-16(9-5-14)18(25)21-2;/h4-11H,3,12-13H2,1-2H3,(H,21,25)(H2,22,23,24);1H. The number of carbonyl (C=O) groups is 1. The number of benzene rings is 2. The van der Waals surface area contributed by atoms with Crippen LogP contribution in [0.4, 0.5) is 0 Å². The summed E-state index contributed by atoms with van der Waals surface area (Å²) in [6.07, 6.45) is 0. The Hall–Kier alpha value is -1.80. The monoisotopic (exact) mass is 486 g/mol. The molecule has 1 amide bonds. The van der Waals surface area contributed by atoms with E-state index in [1.807, 2.05) is 43.3 Å². The predicted octanol–water partition coefficient (Wildman–Crippen LogP) is 3.57. The van der Waals surface area contributed by atoms with Crippen molar-refractivity contribution in [3.8, 4) is 0 Å². The molecule has 0 saturated carbocycles. The molecule has 140 valence electrons. The molecule has 2 rings (SSSR count). The van der Waals surface area contributed by atoms with Crippen molar-refractivity contribution < 1.29 is 4.79 Å². The second-order valence-corrected chi connectivity index (χ2v) is 5.89. The second kappa shape index (κ2) is 11.7. The number of hydrogen-bond donors (Lipinski definition) is 3. The number of rotatable bonds is 6. The van der Waals surface area contributed by atoms with E-state index < -0.39 is 0 Å². The minimum atomic E-state index is -0.0898. The summed E-state index contributed by atoms with van der Waals surface area (Å²) in [7, 11) is 1.62. The number of aliphatic imine (C=N–C) groups is 1. The fraction of sp³-hybridized carbons (Fsp3) is 0.263. The zero-order valence-electron chi connectivity index (χ0n) is 14.9. The van der Waals surface area contributed by atoms with E-state index in [2.05, 4.69) is 20.9 Å². The fourth-order valence-electron chi connectivity index (χ4n) is 2.21. The van der Waals surface area contributed by atoms with E-state index in [0.29, 0.717) is 18.7 Å². The molecule has 0 heterocycles. The molecule has 5 nitrogen and oxygen atoms in total. The first kappa shape index (κ1) is 22.2. The van der Waals surface area contributed by atoms with Crippen LogP contribution in [0.15, 0.2) is 53.5 Å². The molecule has 7 heteroatoms. The summed E-state index contributed by atoms with van der Waals surface area (Å²) in [6, 6.07) is 15.1. The molecule has 0 radical (unpaired) electrons. The summed E-state index contributed by atoms with van der Waals surface area (Å²) in [6.45, 7) is 4.00. The van der Waals surface area contributed by atoms with Crippen LogP contribution in [0.3, 0.4) is 0 Å². The highest BCUT2D eigenvalue weighted by atomic mass is 127. The molecule has 0 aromatic heterocycles. The molecule has 26 heavy (non-hydrogen) atoms. The van der Waals surface area contributed by atoms with Crippen molar-refractivity contribution in [1.82, 2.24) is 16.0 Å². The molecular weight excluding hydrogens is 463 g/mol. The molecule has 0 spiro atoms. The Balaban J connectivity index is 0.00000338. The average Bonchev–Trinajstić information content (AvgIpc) is 2.65. The maximum absolute atomic E-state index is 11.6. The number of nitrogens with one attached hydrogen (secondary N) is 3. The first-order valence-electron chi connectivity index (χ1n) is 8.20. The Bertz CT molecular complexity index is 717. The van der Waals surface area contributed by atoms with Crippen molar-refractivity contribution in [2.24, 2.45) is 4.99 Å². The first-order valence-corrected chi connectivity index (χ1v) is 8.57. The molecule has 0 aliphatic heterocycles. The minimum absolute atomic E-state index is 0. The highest BCUT2D eigenvalue weighted by Crippen LogP contribution is 2.09. The third-order valence-corrected chi connectivity index (χ3v) is 3.83. The van der Waals surface area contributed by atoms with Crippen LogP contribution in [0.2, 0.25) is 5.02 Å². The average molecular weight is 487 g/mol. The molecule has 0 saturated heterocycles. The Morgan fingerprint density at radius 1 is 1.00 bits per heavy atom. The number of amides is 1. The Kier molecular flexibility index (Phi) is 10.0. The molecule has 3 N–H and O–H groups in total. The number of halogens is 2. The van der Waals surface area contributed by atoms with E-state index in [0.717, 1.165) is 28.7 Å². The van der Waals surface area contributed by atoms with Gasteiger partial charge in [-0.2, -0.15) is 0 Å². The van der Waals surface area contributed by atoms with Crippen LogP contribution in [-0.2, 0) is 13.1 Å². The molecule has 0 aliphatic carbocycles. The van der Waals surface area contributed by atoms with E-state index in [4.69, 9.17) is 11.6 Å². The molecule has 0 atom stereocenters. The van der Waals surface area contributed by atoms with Crippen molar-refractivity contribution in [2.75, 3.05) is 13.6 Å². The van der Waals surface area contributed by atoms with Crippen LogP contribution >= 0.6 is 35.6 Å². The molecule has 0 aliphatic rings. The highest BCUT2D eigenvalue weighted by molar-refractivity contribution is 14.0. The lowest BCUT2D eigenvalue weighted by molar-refractivity contribution is 0.0963. The second-order valence-electron chi connectivity index (χ2n) is 5.45. The van der Waals surface area contributed by atoms with Gasteiger partial charge in [0.05, 0.1) is 6.54 Å². The maximum atomic E-state index is 11.6. The molecule has 0 fully saturated rings. The topological polar surface area (TPSA) is 65.5 Å². The zero-order valence-corrected chi connectivity index (χ0v) is 18.0. The number of hydrogen-bond acceptors (Lipinski definition) is 2. The minimum Gasteiger partial charge on any atom is -0.357 e. The van der Waals surface area contributed by atoms with Crippen molar-refractivity contribution in [3.05, 3.63) is 70.2 Å². The molecule has 0 unspecified atom stereocenters. The molecular formula is C19H24ClIN4O. The molecule has 2 aromatic carbocycles. The number of guanidine groups is 1. The number of nitrogens with zero attached hydrogens (tertiary/aromatic N) is 1. The van der Waals surface area contributed by atoms with Gasteiger partial charge in [-0.15, -0.1) is 24.0 Å². The van der Waals surface area contributed by atoms with E-state index in [1.165, 1.54) is 0 Å². The Morgan fingerprint density at radius 2 is 1.62 bits per heavy atom. The third-order valence-electron chi connectivity index (χ3n) is 3.58. The van der Waals surface area contributed by atoms with Gasteiger partial charge >= 0.3 is 0 Å². The van der Waals surface area contributed by atoms with Crippen LogP contribution in [-0.4, -0.2) is 25.5 Å². The van der Waals surface area contributed by atoms with Gasteiger partial charge < -0.3 is 16.0 Å². The van der Waals surface area contributed by atoms with Crippen LogP contribution in [0, 0.1) is 0 Å². The Morgan fingerprint density at radius 3 is 2.19 bits per heavy atom. The fourth-order valence-corrected chi connectivity index (χ4v) is 2.33. The summed E-state index contributed by atoms with van der Waals surface area (Å²) >= 11 is 5.90. The lowest BCUT2D eigenvalue weighted by Gasteiger charge is -2.11. The largest absolute Gasteiger partial charge is 0.357 e. The summed E-state index contributed by atoms with van der Waals surface area (Å²) in [5.74, 6) is 0.654. The smallest absolute Gasteiger partial charge is 0.251 e. The van der Waals surface area contributed by atoms with Gasteiger partial charge in [-0.25, -0.2) is 4.99 Å². The molecule has 0 bridgehead atoms. The van der Waals surface area contributed by atoms with E-state index in [1.54, 1.807) is 19.2 Å². The van der Waals surface area contributed by atoms with E-state index >= 15 is 0 Å². The van der Waals surface area contributed by atoms with Crippen LogP contribution in [0.1, 0.15) is 28.4 Å². The van der Waals surface area contributed by atoms with Crippen molar-refractivity contribution >= 4 is 47.4 Å². The molecule has 2 aromatic rings. The van der Waals surface area contributed by atoms with Crippen molar-refractivity contribution in [1.29, 1.82) is 0 Å². The number of carbonyl (C=O) groups excluding carboxylic acids is 1. The summed E-state index contributed by atoms with van der Waals surface area (Å²) in [5, 5.41) is 9.85. The predicted molar refractivity (Wildman–Crippen MR) is 118 cm³/mol. The van der Waals surface area contributed by atoms with Gasteiger partial charge in [-0.1, -0.05) is 35.9 Å².